The standard InChI is InChI=1S/C27H23Cl2N3O4/c1-16(36-26-20(28)9-5-11-30-26)22-10-6-12-31(22)24-14-23-18(13-21(24)29)25(33)19(27(34)35)15-32(23)17-7-3-2-4-8-17/h2-5,7-9,11,13-16,22H,6,10,12H2,1H3,(H,34,35)/t16-,22-/m1/s1. The zero-order valence-corrected chi connectivity index (χ0v) is 20.9. The highest BCUT2D eigenvalue weighted by Crippen LogP contribution is 2.37. The summed E-state index contributed by atoms with van der Waals surface area (Å²) in [5.74, 6) is -0.909. The van der Waals surface area contributed by atoms with E-state index in [1.165, 1.54) is 6.20 Å². The lowest BCUT2D eigenvalue weighted by Crippen LogP contribution is -2.41. The molecule has 0 amide bonds. The van der Waals surface area contributed by atoms with Gasteiger partial charge in [0.05, 0.1) is 22.3 Å². The van der Waals surface area contributed by atoms with Gasteiger partial charge in [-0.15, -0.1) is 0 Å². The van der Waals surface area contributed by atoms with E-state index in [0.717, 1.165) is 30.8 Å². The summed E-state index contributed by atoms with van der Waals surface area (Å²) in [4.78, 5) is 31.3. The fourth-order valence-corrected chi connectivity index (χ4v) is 5.24. The van der Waals surface area contributed by atoms with Crippen LogP contribution in [0.2, 0.25) is 10.0 Å². The fraction of sp³-hybridized carbons (Fsp3) is 0.222. The number of aromatic nitrogens is 2. The maximum atomic E-state index is 13.0. The van der Waals surface area contributed by atoms with Gasteiger partial charge in [0.15, 0.2) is 0 Å². The summed E-state index contributed by atoms with van der Waals surface area (Å²) in [5.41, 5.74) is 1.17. The maximum absolute atomic E-state index is 13.0. The minimum Gasteiger partial charge on any atom is -0.477 e. The minimum absolute atomic E-state index is 0.00628. The van der Waals surface area contributed by atoms with Crippen molar-refractivity contribution in [1.82, 2.24) is 9.55 Å². The number of pyridine rings is 2. The Bertz CT molecular complexity index is 1510. The molecule has 0 aliphatic carbocycles. The van der Waals surface area contributed by atoms with Gasteiger partial charge in [0.25, 0.3) is 0 Å². The first-order chi connectivity index (χ1) is 17.3. The van der Waals surface area contributed by atoms with Crippen molar-refractivity contribution in [2.45, 2.75) is 31.9 Å². The highest BCUT2D eigenvalue weighted by atomic mass is 35.5. The summed E-state index contributed by atoms with van der Waals surface area (Å²) in [5, 5.41) is 10.7. The summed E-state index contributed by atoms with van der Waals surface area (Å²) in [6, 6.07) is 16.2. The van der Waals surface area contributed by atoms with Crippen LogP contribution in [0.25, 0.3) is 16.6 Å². The van der Waals surface area contributed by atoms with Crippen LogP contribution in [-0.2, 0) is 0 Å². The van der Waals surface area contributed by atoms with E-state index >= 15 is 0 Å². The molecule has 1 fully saturated rings. The van der Waals surface area contributed by atoms with Crippen LogP contribution in [0, 0.1) is 0 Å². The molecule has 3 heterocycles. The lowest BCUT2D eigenvalue weighted by molar-refractivity contribution is 0.0695. The van der Waals surface area contributed by atoms with E-state index in [1.807, 2.05) is 43.3 Å². The molecule has 184 valence electrons. The molecule has 0 bridgehead atoms. The number of carboxylic acids is 1. The third kappa shape index (κ3) is 4.40. The Morgan fingerprint density at radius 1 is 1.14 bits per heavy atom. The lowest BCUT2D eigenvalue weighted by Gasteiger charge is -2.32. The Labute approximate surface area is 217 Å². The first-order valence-corrected chi connectivity index (χ1v) is 12.3. The molecule has 0 unspecified atom stereocenters. The number of benzene rings is 2. The Hall–Kier alpha value is -3.55. The van der Waals surface area contributed by atoms with Gasteiger partial charge in [-0.1, -0.05) is 41.4 Å². The van der Waals surface area contributed by atoms with E-state index in [4.69, 9.17) is 27.9 Å². The van der Waals surface area contributed by atoms with Crippen molar-refractivity contribution in [2.75, 3.05) is 11.4 Å². The van der Waals surface area contributed by atoms with Crippen molar-refractivity contribution in [2.24, 2.45) is 0 Å². The fourth-order valence-electron chi connectivity index (χ4n) is 4.80. The molecule has 7 nitrogen and oxygen atoms in total. The predicted molar refractivity (Wildman–Crippen MR) is 141 cm³/mol. The van der Waals surface area contributed by atoms with Crippen LogP contribution >= 0.6 is 23.2 Å². The lowest BCUT2D eigenvalue weighted by atomic mass is 10.1. The van der Waals surface area contributed by atoms with Crippen molar-refractivity contribution in [3.05, 3.63) is 92.8 Å². The molecule has 5 rings (SSSR count). The van der Waals surface area contributed by atoms with Crippen molar-refractivity contribution >= 4 is 45.8 Å². The number of anilines is 1. The van der Waals surface area contributed by atoms with Crippen LogP contribution in [-0.4, -0.2) is 39.3 Å². The van der Waals surface area contributed by atoms with Gasteiger partial charge >= 0.3 is 5.97 Å². The molecule has 9 heteroatoms. The summed E-state index contributed by atoms with van der Waals surface area (Å²) in [7, 11) is 0. The molecule has 36 heavy (non-hydrogen) atoms. The Morgan fingerprint density at radius 3 is 2.64 bits per heavy atom. The molecule has 2 aromatic heterocycles. The van der Waals surface area contributed by atoms with Crippen LogP contribution in [0.1, 0.15) is 30.1 Å². The quantitative estimate of drug-likeness (QED) is 0.342. The molecule has 2 atom stereocenters. The molecule has 2 aromatic carbocycles. The van der Waals surface area contributed by atoms with E-state index in [9.17, 15) is 14.7 Å². The number of halogens is 2. The number of rotatable bonds is 6. The summed E-state index contributed by atoms with van der Waals surface area (Å²) >= 11 is 13.0. The van der Waals surface area contributed by atoms with E-state index in [2.05, 4.69) is 9.88 Å². The van der Waals surface area contributed by atoms with Gasteiger partial charge in [0.1, 0.15) is 16.7 Å². The van der Waals surface area contributed by atoms with Crippen molar-refractivity contribution in [1.29, 1.82) is 0 Å². The number of fused-ring (bicyclic) bond motifs is 1. The average Bonchev–Trinajstić information content (AvgIpc) is 3.36. The van der Waals surface area contributed by atoms with Gasteiger partial charge in [0, 0.05) is 30.0 Å². The van der Waals surface area contributed by atoms with Gasteiger partial charge in [-0.25, -0.2) is 9.78 Å². The zero-order chi connectivity index (χ0) is 25.4. The van der Waals surface area contributed by atoms with Crippen LogP contribution in [0.5, 0.6) is 5.88 Å². The van der Waals surface area contributed by atoms with Crippen molar-refractivity contribution in [3.8, 4) is 11.6 Å². The smallest absolute Gasteiger partial charge is 0.341 e. The molecule has 0 saturated carbocycles. The molecule has 1 aliphatic rings. The number of carbonyl (C=O) groups is 1. The Kier molecular flexibility index (Phi) is 6.60. The number of ether oxygens (including phenoxy) is 1. The number of hydrogen-bond acceptors (Lipinski definition) is 5. The molecule has 4 aromatic rings. The van der Waals surface area contributed by atoms with Gasteiger partial charge < -0.3 is 19.3 Å². The number of hydrogen-bond donors (Lipinski definition) is 1. The number of nitrogens with zero attached hydrogens (tertiary/aromatic N) is 3. The third-order valence-electron chi connectivity index (χ3n) is 6.51. The molecular weight excluding hydrogens is 501 g/mol. The second-order valence-corrected chi connectivity index (χ2v) is 9.53. The summed E-state index contributed by atoms with van der Waals surface area (Å²) in [6.45, 7) is 2.73. The summed E-state index contributed by atoms with van der Waals surface area (Å²) in [6.07, 6.45) is 4.58. The topological polar surface area (TPSA) is 84.7 Å². The largest absolute Gasteiger partial charge is 0.477 e. The average molecular weight is 524 g/mol. The molecule has 0 spiro atoms. The van der Waals surface area contributed by atoms with E-state index in [1.54, 1.807) is 29.0 Å². The summed E-state index contributed by atoms with van der Waals surface area (Å²) < 4.78 is 7.84. The van der Waals surface area contributed by atoms with Gasteiger partial charge in [-0.3, -0.25) is 4.79 Å². The number of carboxylic acid groups (broad SMARTS) is 1. The van der Waals surface area contributed by atoms with E-state index in [0.29, 0.717) is 21.4 Å². The van der Waals surface area contributed by atoms with Crippen molar-refractivity contribution in [3.63, 3.8) is 0 Å². The molecule has 1 N–H and O–H groups in total. The van der Waals surface area contributed by atoms with Crippen LogP contribution < -0.4 is 15.1 Å². The maximum Gasteiger partial charge on any atom is 0.341 e. The minimum atomic E-state index is -1.29. The SMILES string of the molecule is C[C@@H](Oc1ncccc1Cl)[C@H]1CCCN1c1cc2c(cc1Cl)c(=O)c(C(=O)O)cn2-c1ccccc1. The first-order valence-electron chi connectivity index (χ1n) is 11.6. The number of para-hydroxylation sites is 1. The Balaban J connectivity index is 1.61. The van der Waals surface area contributed by atoms with E-state index in [-0.39, 0.29) is 23.1 Å². The zero-order valence-electron chi connectivity index (χ0n) is 19.4. The Morgan fingerprint density at radius 2 is 1.92 bits per heavy atom. The monoisotopic (exact) mass is 523 g/mol. The van der Waals surface area contributed by atoms with Crippen LogP contribution in [0.4, 0.5) is 5.69 Å². The third-order valence-corrected chi connectivity index (χ3v) is 7.10. The number of aromatic carboxylic acids is 1. The van der Waals surface area contributed by atoms with E-state index < -0.39 is 11.4 Å². The predicted octanol–water partition coefficient (Wildman–Crippen LogP) is 5.83. The first kappa shape index (κ1) is 24.2. The van der Waals surface area contributed by atoms with Crippen LogP contribution in [0.3, 0.4) is 0 Å². The van der Waals surface area contributed by atoms with Gasteiger partial charge in [-0.2, -0.15) is 0 Å². The molecule has 0 radical (unpaired) electrons. The molecular formula is C27H23Cl2N3O4. The van der Waals surface area contributed by atoms with Gasteiger partial charge in [0.2, 0.25) is 11.3 Å². The molecule has 1 saturated heterocycles. The van der Waals surface area contributed by atoms with Crippen LogP contribution in [0.15, 0.2) is 71.8 Å². The van der Waals surface area contributed by atoms with Crippen molar-refractivity contribution < 1.29 is 14.6 Å². The second-order valence-electron chi connectivity index (χ2n) is 8.72. The normalized spacial score (nSPS) is 16.3. The highest BCUT2D eigenvalue weighted by molar-refractivity contribution is 6.34. The van der Waals surface area contributed by atoms with Gasteiger partial charge in [-0.05, 0) is 56.2 Å². The molecule has 1 aliphatic heterocycles. The highest BCUT2D eigenvalue weighted by Gasteiger charge is 2.33. The second kappa shape index (κ2) is 9.84.